The first-order valence-electron chi connectivity index (χ1n) is 9.13. The SMILES string of the molecule is CCc1ccc([C@H]2Nc3ccccc3C(=O)N2C[C@H]2CCCO2)cc1. The number of ether oxygens (including phenoxy) is 1. The molecule has 2 aromatic carbocycles. The van der Waals surface area contributed by atoms with Crippen molar-refractivity contribution in [3.8, 4) is 0 Å². The lowest BCUT2D eigenvalue weighted by molar-refractivity contribution is 0.0427. The fraction of sp³-hybridized carbons (Fsp3) is 0.381. The van der Waals surface area contributed by atoms with Crippen LogP contribution in [0.15, 0.2) is 48.5 Å². The molecule has 0 radical (unpaired) electrons. The molecule has 0 unspecified atom stereocenters. The quantitative estimate of drug-likeness (QED) is 0.918. The first-order valence-corrected chi connectivity index (χ1v) is 9.13. The van der Waals surface area contributed by atoms with E-state index in [1.54, 1.807) is 0 Å². The molecule has 1 fully saturated rings. The summed E-state index contributed by atoms with van der Waals surface area (Å²) in [5.41, 5.74) is 4.05. The Balaban J connectivity index is 1.68. The van der Waals surface area contributed by atoms with Gasteiger partial charge in [-0.25, -0.2) is 0 Å². The van der Waals surface area contributed by atoms with E-state index in [1.165, 1.54) is 5.56 Å². The van der Waals surface area contributed by atoms with Crippen LogP contribution in [0.4, 0.5) is 5.69 Å². The molecule has 0 saturated carbocycles. The second-order valence-electron chi connectivity index (χ2n) is 6.78. The highest BCUT2D eigenvalue weighted by atomic mass is 16.5. The maximum absolute atomic E-state index is 13.1. The zero-order chi connectivity index (χ0) is 17.2. The lowest BCUT2D eigenvalue weighted by atomic mass is 10.0. The van der Waals surface area contributed by atoms with Crippen molar-refractivity contribution in [3.05, 3.63) is 65.2 Å². The first kappa shape index (κ1) is 16.2. The summed E-state index contributed by atoms with van der Waals surface area (Å²) in [6.07, 6.45) is 3.09. The average Bonchev–Trinajstić information content (AvgIpc) is 3.17. The fourth-order valence-electron chi connectivity index (χ4n) is 3.69. The van der Waals surface area contributed by atoms with Gasteiger partial charge in [0.2, 0.25) is 0 Å². The van der Waals surface area contributed by atoms with Gasteiger partial charge in [-0.1, -0.05) is 43.3 Å². The van der Waals surface area contributed by atoms with E-state index < -0.39 is 0 Å². The average molecular weight is 336 g/mol. The first-order chi connectivity index (χ1) is 12.3. The molecule has 2 heterocycles. The van der Waals surface area contributed by atoms with Gasteiger partial charge >= 0.3 is 0 Å². The van der Waals surface area contributed by atoms with Gasteiger partial charge in [-0.3, -0.25) is 4.79 Å². The van der Waals surface area contributed by atoms with E-state index in [-0.39, 0.29) is 18.2 Å². The summed E-state index contributed by atoms with van der Waals surface area (Å²) in [6, 6.07) is 16.3. The van der Waals surface area contributed by atoms with Crippen LogP contribution in [0.5, 0.6) is 0 Å². The summed E-state index contributed by atoms with van der Waals surface area (Å²) in [7, 11) is 0. The summed E-state index contributed by atoms with van der Waals surface area (Å²) in [6.45, 7) is 3.57. The molecule has 0 bridgehead atoms. The van der Waals surface area contributed by atoms with E-state index in [4.69, 9.17) is 4.74 Å². The number of fused-ring (bicyclic) bond motifs is 1. The number of carbonyl (C=O) groups excluding carboxylic acids is 1. The van der Waals surface area contributed by atoms with Crippen LogP contribution < -0.4 is 5.32 Å². The standard InChI is InChI=1S/C21H24N2O2/c1-2-15-9-11-16(12-10-15)20-22-19-8-4-3-7-18(19)21(24)23(20)14-17-6-5-13-25-17/h3-4,7-12,17,20,22H,2,5-6,13-14H2,1H3/t17-,20+/m1/s1. The number of aryl methyl sites for hydroxylation is 1. The highest BCUT2D eigenvalue weighted by Crippen LogP contribution is 2.34. The lowest BCUT2D eigenvalue weighted by Crippen LogP contribution is -2.46. The highest BCUT2D eigenvalue weighted by molar-refractivity contribution is 6.01. The van der Waals surface area contributed by atoms with E-state index in [0.717, 1.165) is 42.7 Å². The van der Waals surface area contributed by atoms with Crippen molar-refractivity contribution in [3.63, 3.8) is 0 Å². The van der Waals surface area contributed by atoms with Crippen LogP contribution in [0.2, 0.25) is 0 Å². The summed E-state index contributed by atoms with van der Waals surface area (Å²) in [4.78, 5) is 15.1. The second kappa shape index (κ2) is 6.89. The predicted molar refractivity (Wildman–Crippen MR) is 98.6 cm³/mol. The third-order valence-electron chi connectivity index (χ3n) is 5.15. The van der Waals surface area contributed by atoms with E-state index in [1.807, 2.05) is 29.2 Å². The Morgan fingerprint density at radius 3 is 2.68 bits per heavy atom. The van der Waals surface area contributed by atoms with Crippen molar-refractivity contribution in [1.29, 1.82) is 0 Å². The Labute approximate surface area is 148 Å². The Bertz CT molecular complexity index is 751. The predicted octanol–water partition coefficient (Wildman–Crippen LogP) is 3.99. The van der Waals surface area contributed by atoms with Crippen molar-refractivity contribution in [2.24, 2.45) is 0 Å². The van der Waals surface area contributed by atoms with Crippen LogP contribution in [0.25, 0.3) is 0 Å². The van der Waals surface area contributed by atoms with Gasteiger partial charge in [-0.15, -0.1) is 0 Å². The van der Waals surface area contributed by atoms with Crippen LogP contribution in [0.1, 0.15) is 47.4 Å². The molecule has 1 amide bonds. The number of rotatable bonds is 4. The van der Waals surface area contributed by atoms with Crippen molar-refractivity contribution in [2.45, 2.75) is 38.5 Å². The molecule has 0 aromatic heterocycles. The number of benzene rings is 2. The van der Waals surface area contributed by atoms with Gasteiger partial charge in [-0.2, -0.15) is 0 Å². The molecule has 0 spiro atoms. The molecule has 25 heavy (non-hydrogen) atoms. The molecule has 1 N–H and O–H groups in total. The molecule has 2 atom stereocenters. The molecule has 4 heteroatoms. The number of carbonyl (C=O) groups is 1. The number of hydrogen-bond donors (Lipinski definition) is 1. The molecule has 4 nitrogen and oxygen atoms in total. The molecular formula is C21H24N2O2. The maximum Gasteiger partial charge on any atom is 0.257 e. The molecule has 2 aliphatic rings. The van der Waals surface area contributed by atoms with Crippen LogP contribution >= 0.6 is 0 Å². The molecule has 4 rings (SSSR count). The molecule has 130 valence electrons. The number of anilines is 1. The number of amides is 1. The monoisotopic (exact) mass is 336 g/mol. The molecule has 2 aromatic rings. The summed E-state index contributed by atoms with van der Waals surface area (Å²) in [5, 5.41) is 3.55. The van der Waals surface area contributed by atoms with E-state index in [9.17, 15) is 4.79 Å². The molecule has 1 saturated heterocycles. The topological polar surface area (TPSA) is 41.6 Å². The Morgan fingerprint density at radius 1 is 1.16 bits per heavy atom. The van der Waals surface area contributed by atoms with Gasteiger partial charge in [0.05, 0.1) is 11.7 Å². The minimum atomic E-state index is -0.155. The largest absolute Gasteiger partial charge is 0.376 e. The third kappa shape index (κ3) is 3.14. The van der Waals surface area contributed by atoms with Crippen LogP contribution in [-0.2, 0) is 11.2 Å². The zero-order valence-corrected chi connectivity index (χ0v) is 14.6. The lowest BCUT2D eigenvalue weighted by Gasteiger charge is -2.39. The smallest absolute Gasteiger partial charge is 0.257 e. The van der Waals surface area contributed by atoms with Gasteiger partial charge in [0, 0.05) is 18.8 Å². The van der Waals surface area contributed by atoms with E-state index in [0.29, 0.717) is 6.54 Å². The van der Waals surface area contributed by atoms with Crippen LogP contribution in [-0.4, -0.2) is 30.1 Å². The van der Waals surface area contributed by atoms with Crippen molar-refractivity contribution in [2.75, 3.05) is 18.5 Å². The zero-order valence-electron chi connectivity index (χ0n) is 14.6. The van der Waals surface area contributed by atoms with Gasteiger partial charge in [0.15, 0.2) is 0 Å². The van der Waals surface area contributed by atoms with Crippen LogP contribution in [0, 0.1) is 0 Å². The normalized spacial score (nSPS) is 22.6. The van der Waals surface area contributed by atoms with E-state index in [2.05, 4.69) is 36.5 Å². The van der Waals surface area contributed by atoms with Crippen molar-refractivity contribution >= 4 is 11.6 Å². The number of nitrogens with one attached hydrogen (secondary N) is 1. The molecular weight excluding hydrogens is 312 g/mol. The highest BCUT2D eigenvalue weighted by Gasteiger charge is 2.35. The van der Waals surface area contributed by atoms with Gasteiger partial charge in [0.25, 0.3) is 5.91 Å². The fourth-order valence-corrected chi connectivity index (χ4v) is 3.69. The third-order valence-corrected chi connectivity index (χ3v) is 5.15. The number of para-hydroxylation sites is 1. The van der Waals surface area contributed by atoms with Gasteiger partial charge in [-0.05, 0) is 42.5 Å². The van der Waals surface area contributed by atoms with Gasteiger partial charge < -0.3 is 15.0 Å². The number of hydrogen-bond acceptors (Lipinski definition) is 3. The second-order valence-corrected chi connectivity index (χ2v) is 6.78. The van der Waals surface area contributed by atoms with E-state index >= 15 is 0 Å². The number of nitrogens with zero attached hydrogens (tertiary/aromatic N) is 1. The maximum atomic E-state index is 13.1. The van der Waals surface area contributed by atoms with Crippen LogP contribution in [0.3, 0.4) is 0 Å². The van der Waals surface area contributed by atoms with Gasteiger partial charge in [0.1, 0.15) is 6.17 Å². The Kier molecular flexibility index (Phi) is 4.45. The Hall–Kier alpha value is -2.33. The summed E-state index contributed by atoms with van der Waals surface area (Å²) in [5.74, 6) is 0.0782. The van der Waals surface area contributed by atoms with Crippen molar-refractivity contribution in [1.82, 2.24) is 4.90 Å². The van der Waals surface area contributed by atoms with Crippen molar-refractivity contribution < 1.29 is 9.53 Å². The molecule has 0 aliphatic carbocycles. The summed E-state index contributed by atoms with van der Waals surface area (Å²) < 4.78 is 5.79. The molecule has 2 aliphatic heterocycles. The minimum absolute atomic E-state index is 0.0782. The minimum Gasteiger partial charge on any atom is -0.376 e. The Morgan fingerprint density at radius 2 is 1.96 bits per heavy atom. The summed E-state index contributed by atoms with van der Waals surface area (Å²) >= 11 is 0.